The highest BCUT2D eigenvalue weighted by Crippen LogP contribution is 2.30. The molecule has 0 unspecified atom stereocenters. The lowest BCUT2D eigenvalue weighted by Crippen LogP contribution is -2.49. The number of likely N-dealkylation sites (N-methyl/N-ethyl adjacent to an activating group) is 1. The molecule has 0 aliphatic carbocycles. The number of rotatable bonds is 4. The number of nitrogens with one attached hydrogen (secondary N) is 1. The number of aryl methyl sites for hydroxylation is 2. The fourth-order valence-corrected chi connectivity index (χ4v) is 4.59. The summed E-state index contributed by atoms with van der Waals surface area (Å²) in [7, 11) is 0. The lowest BCUT2D eigenvalue weighted by molar-refractivity contribution is 0.105. The van der Waals surface area contributed by atoms with E-state index in [4.69, 9.17) is 0 Å². The van der Waals surface area contributed by atoms with Crippen molar-refractivity contribution in [2.75, 3.05) is 32.7 Å². The van der Waals surface area contributed by atoms with E-state index in [1.54, 1.807) is 0 Å². The second kappa shape index (κ2) is 8.16. The maximum absolute atomic E-state index is 13.4. The van der Waals surface area contributed by atoms with Crippen LogP contribution in [-0.4, -0.2) is 67.7 Å². The van der Waals surface area contributed by atoms with E-state index in [1.165, 1.54) is 5.56 Å². The molecule has 3 aromatic rings. The Labute approximate surface area is 183 Å². The number of hydrogen-bond donors (Lipinski definition) is 1. The van der Waals surface area contributed by atoms with Crippen LogP contribution in [0.5, 0.6) is 0 Å². The van der Waals surface area contributed by atoms with Gasteiger partial charge in [0.05, 0.1) is 11.1 Å². The molecule has 1 fully saturated rings. The predicted molar refractivity (Wildman–Crippen MR) is 122 cm³/mol. The largest absolute Gasteiger partial charge is 0.321 e. The quantitative estimate of drug-likeness (QED) is 0.695. The number of fused-ring (bicyclic) bond motifs is 1. The minimum Gasteiger partial charge on any atom is -0.321 e. The summed E-state index contributed by atoms with van der Waals surface area (Å²) in [6.07, 6.45) is 0. The van der Waals surface area contributed by atoms with Crippen LogP contribution in [0.1, 0.15) is 56.3 Å². The standard InChI is InChI=1S/C23H33N7O/c1-7-28-8-10-29(11-9-28)20(21-25-26-27-30(21)23(4,5)6)18-14-17-13-15(2)12-16(3)19(17)24-22(18)31/h12-14,20H,7-11H2,1-6H3,(H,24,31)/t20-/m1/s1. The number of pyridine rings is 1. The van der Waals surface area contributed by atoms with Crippen molar-refractivity contribution in [1.82, 2.24) is 35.0 Å². The summed E-state index contributed by atoms with van der Waals surface area (Å²) in [5.41, 5.74) is 3.47. The third-order valence-corrected chi connectivity index (χ3v) is 6.21. The Morgan fingerprint density at radius 1 is 1.10 bits per heavy atom. The molecule has 2 aromatic heterocycles. The Balaban J connectivity index is 1.89. The van der Waals surface area contributed by atoms with Gasteiger partial charge in [-0.3, -0.25) is 9.69 Å². The minimum absolute atomic E-state index is 0.0779. The van der Waals surface area contributed by atoms with Gasteiger partial charge in [0.1, 0.15) is 6.04 Å². The summed E-state index contributed by atoms with van der Waals surface area (Å²) in [5, 5.41) is 13.7. The van der Waals surface area contributed by atoms with E-state index in [1.807, 2.05) is 17.7 Å². The van der Waals surface area contributed by atoms with Crippen molar-refractivity contribution in [2.45, 2.75) is 53.1 Å². The van der Waals surface area contributed by atoms with Gasteiger partial charge in [0.2, 0.25) is 0 Å². The lowest BCUT2D eigenvalue weighted by Gasteiger charge is -2.39. The van der Waals surface area contributed by atoms with Crippen molar-refractivity contribution < 1.29 is 0 Å². The molecule has 0 saturated carbocycles. The lowest BCUT2D eigenvalue weighted by atomic mass is 9.99. The maximum Gasteiger partial charge on any atom is 0.253 e. The van der Waals surface area contributed by atoms with E-state index >= 15 is 0 Å². The molecule has 1 aliphatic heterocycles. The van der Waals surface area contributed by atoms with Crippen LogP contribution in [-0.2, 0) is 5.54 Å². The molecule has 4 rings (SSSR count). The first-order chi connectivity index (χ1) is 14.7. The Morgan fingerprint density at radius 2 is 1.81 bits per heavy atom. The van der Waals surface area contributed by atoms with Crippen molar-refractivity contribution in [1.29, 1.82) is 0 Å². The number of aromatic amines is 1. The zero-order valence-corrected chi connectivity index (χ0v) is 19.4. The molecule has 31 heavy (non-hydrogen) atoms. The fourth-order valence-electron chi connectivity index (χ4n) is 4.59. The monoisotopic (exact) mass is 423 g/mol. The molecule has 0 amide bonds. The number of aromatic nitrogens is 5. The third-order valence-electron chi connectivity index (χ3n) is 6.21. The van der Waals surface area contributed by atoms with Gasteiger partial charge in [-0.15, -0.1) is 5.10 Å². The highest BCUT2D eigenvalue weighted by molar-refractivity contribution is 5.83. The van der Waals surface area contributed by atoms with Gasteiger partial charge in [0.25, 0.3) is 5.56 Å². The van der Waals surface area contributed by atoms with Gasteiger partial charge in [-0.2, -0.15) is 0 Å². The topological polar surface area (TPSA) is 82.9 Å². The summed E-state index contributed by atoms with van der Waals surface area (Å²) >= 11 is 0. The van der Waals surface area contributed by atoms with Crippen LogP contribution in [0.2, 0.25) is 0 Å². The molecular formula is C23H33N7O. The average Bonchev–Trinajstić information content (AvgIpc) is 3.20. The molecule has 0 bridgehead atoms. The molecule has 0 spiro atoms. The second-order valence-corrected chi connectivity index (χ2v) is 9.59. The first kappa shape index (κ1) is 21.6. The zero-order chi connectivity index (χ0) is 22.3. The van der Waals surface area contributed by atoms with E-state index in [0.29, 0.717) is 11.4 Å². The first-order valence-electron chi connectivity index (χ1n) is 11.1. The minimum atomic E-state index is -0.304. The fraction of sp³-hybridized carbons (Fsp3) is 0.565. The molecule has 1 atom stereocenters. The molecule has 1 N–H and O–H groups in total. The Kier molecular flexibility index (Phi) is 5.70. The highest BCUT2D eigenvalue weighted by atomic mass is 16.1. The average molecular weight is 424 g/mol. The SMILES string of the molecule is CCN1CCN([C@H](c2cc3cc(C)cc(C)c3[nH]c2=O)c2nnnn2C(C)(C)C)CC1. The third kappa shape index (κ3) is 4.14. The highest BCUT2D eigenvalue weighted by Gasteiger charge is 2.34. The summed E-state index contributed by atoms with van der Waals surface area (Å²) in [6.45, 7) is 17.2. The van der Waals surface area contributed by atoms with Gasteiger partial charge in [-0.05, 0) is 74.7 Å². The smallest absolute Gasteiger partial charge is 0.253 e. The number of hydrogen-bond acceptors (Lipinski definition) is 6. The zero-order valence-electron chi connectivity index (χ0n) is 19.4. The summed E-state index contributed by atoms with van der Waals surface area (Å²) in [6, 6.07) is 5.95. The van der Waals surface area contributed by atoms with Gasteiger partial charge in [0, 0.05) is 31.7 Å². The van der Waals surface area contributed by atoms with Crippen LogP contribution in [0.4, 0.5) is 0 Å². The predicted octanol–water partition coefficient (Wildman–Crippen LogP) is 2.61. The van der Waals surface area contributed by atoms with E-state index in [-0.39, 0.29) is 17.1 Å². The first-order valence-corrected chi connectivity index (χ1v) is 11.1. The molecule has 8 heteroatoms. The Morgan fingerprint density at radius 3 is 2.45 bits per heavy atom. The normalized spacial score (nSPS) is 17.4. The second-order valence-electron chi connectivity index (χ2n) is 9.59. The van der Waals surface area contributed by atoms with Gasteiger partial charge in [-0.25, -0.2) is 4.68 Å². The molecule has 0 radical (unpaired) electrons. The molecule has 8 nitrogen and oxygen atoms in total. The number of H-pyrrole nitrogens is 1. The molecule has 1 saturated heterocycles. The summed E-state index contributed by atoms with van der Waals surface area (Å²) in [5.74, 6) is 0.715. The van der Waals surface area contributed by atoms with Crippen LogP contribution in [0, 0.1) is 13.8 Å². The molecule has 3 heterocycles. The number of tetrazole rings is 1. The molecule has 1 aliphatic rings. The maximum atomic E-state index is 13.4. The summed E-state index contributed by atoms with van der Waals surface area (Å²) < 4.78 is 1.86. The molecule has 166 valence electrons. The van der Waals surface area contributed by atoms with Crippen LogP contribution < -0.4 is 5.56 Å². The van der Waals surface area contributed by atoms with E-state index < -0.39 is 0 Å². The van der Waals surface area contributed by atoms with Crippen LogP contribution in [0.25, 0.3) is 10.9 Å². The van der Waals surface area contributed by atoms with Gasteiger partial charge in [0.15, 0.2) is 5.82 Å². The van der Waals surface area contributed by atoms with E-state index in [9.17, 15) is 4.79 Å². The van der Waals surface area contributed by atoms with Crippen molar-refractivity contribution in [3.63, 3.8) is 0 Å². The van der Waals surface area contributed by atoms with Gasteiger partial charge in [-0.1, -0.05) is 18.6 Å². The van der Waals surface area contributed by atoms with Crippen LogP contribution >= 0.6 is 0 Å². The number of piperazine rings is 1. The number of benzene rings is 1. The van der Waals surface area contributed by atoms with Crippen molar-refractivity contribution >= 4 is 10.9 Å². The molecule has 1 aromatic carbocycles. The van der Waals surface area contributed by atoms with Crippen LogP contribution in [0.3, 0.4) is 0 Å². The van der Waals surface area contributed by atoms with Crippen molar-refractivity contribution in [2.24, 2.45) is 0 Å². The van der Waals surface area contributed by atoms with Crippen molar-refractivity contribution in [3.8, 4) is 0 Å². The van der Waals surface area contributed by atoms with E-state index in [0.717, 1.165) is 49.2 Å². The van der Waals surface area contributed by atoms with E-state index in [2.05, 4.69) is 77.1 Å². The van der Waals surface area contributed by atoms with Gasteiger partial charge < -0.3 is 9.88 Å². The summed E-state index contributed by atoms with van der Waals surface area (Å²) in [4.78, 5) is 21.3. The Hall–Kier alpha value is -2.58. The molecular weight excluding hydrogens is 390 g/mol. The van der Waals surface area contributed by atoms with Crippen LogP contribution in [0.15, 0.2) is 23.0 Å². The van der Waals surface area contributed by atoms with Gasteiger partial charge >= 0.3 is 0 Å². The number of nitrogens with zero attached hydrogens (tertiary/aromatic N) is 6. The van der Waals surface area contributed by atoms with Crippen molar-refractivity contribution in [3.05, 3.63) is 51.1 Å². The Bertz CT molecular complexity index is 1130.